The number of rotatable bonds is 3. The van der Waals surface area contributed by atoms with Crippen LogP contribution >= 0.6 is 0 Å². The van der Waals surface area contributed by atoms with Crippen molar-refractivity contribution < 1.29 is 4.79 Å². The fourth-order valence-corrected chi connectivity index (χ4v) is 5.28. The maximum Gasteiger partial charge on any atom is 0.223 e. The minimum absolute atomic E-state index is 0.243. The van der Waals surface area contributed by atoms with E-state index in [0.717, 1.165) is 17.4 Å². The van der Waals surface area contributed by atoms with E-state index >= 15 is 0 Å². The highest BCUT2D eigenvalue weighted by Gasteiger charge is 2.50. The number of hydrogen-bond acceptors (Lipinski definition) is 3. The van der Waals surface area contributed by atoms with Crippen molar-refractivity contribution >= 4 is 11.7 Å². The molecule has 1 aromatic heterocycles. The van der Waals surface area contributed by atoms with Crippen LogP contribution in [0.4, 0.5) is 5.82 Å². The molecule has 4 bridgehead atoms. The predicted octanol–water partition coefficient (Wildman–Crippen LogP) is 1.69. The van der Waals surface area contributed by atoms with Crippen LogP contribution in [0.3, 0.4) is 0 Å². The maximum absolute atomic E-state index is 12.6. The van der Waals surface area contributed by atoms with E-state index in [1.807, 2.05) is 7.05 Å². The van der Waals surface area contributed by atoms with E-state index in [9.17, 15) is 4.79 Å². The van der Waals surface area contributed by atoms with E-state index in [2.05, 4.69) is 10.4 Å². The van der Waals surface area contributed by atoms with Crippen LogP contribution in [-0.2, 0) is 18.4 Å². The summed E-state index contributed by atoms with van der Waals surface area (Å²) in [6.45, 7) is 0.501. The Labute approximate surface area is 125 Å². The van der Waals surface area contributed by atoms with E-state index in [4.69, 9.17) is 5.73 Å². The summed E-state index contributed by atoms with van der Waals surface area (Å²) in [7, 11) is 1.82. The zero-order valence-electron chi connectivity index (χ0n) is 12.6. The number of carbonyl (C=O) groups excluding carboxylic acids is 1. The van der Waals surface area contributed by atoms with Gasteiger partial charge in [-0.05, 0) is 55.8 Å². The number of aryl methyl sites for hydroxylation is 1. The second kappa shape index (κ2) is 4.75. The Morgan fingerprint density at radius 1 is 1.29 bits per heavy atom. The van der Waals surface area contributed by atoms with Crippen LogP contribution in [0.25, 0.3) is 0 Å². The molecule has 4 aliphatic rings. The number of carbonyl (C=O) groups is 1. The van der Waals surface area contributed by atoms with Gasteiger partial charge in [-0.3, -0.25) is 9.48 Å². The number of nitrogens with zero attached hydrogens (tertiary/aromatic N) is 2. The van der Waals surface area contributed by atoms with Gasteiger partial charge in [0.1, 0.15) is 5.82 Å². The van der Waals surface area contributed by atoms with Gasteiger partial charge in [0.2, 0.25) is 5.91 Å². The molecular formula is C16H24N4O. The Morgan fingerprint density at radius 3 is 2.43 bits per heavy atom. The van der Waals surface area contributed by atoms with Crippen LogP contribution in [0.5, 0.6) is 0 Å². The Morgan fingerprint density at radius 2 is 1.90 bits per heavy atom. The lowest BCUT2D eigenvalue weighted by Gasteiger charge is -2.53. The lowest BCUT2D eigenvalue weighted by molar-refractivity contribution is -0.138. The number of nitrogens with two attached hydrogens (primary N) is 1. The first-order valence-electron chi connectivity index (χ1n) is 8.16. The van der Waals surface area contributed by atoms with Crippen molar-refractivity contribution in [3.8, 4) is 0 Å². The van der Waals surface area contributed by atoms with Crippen molar-refractivity contribution in [2.45, 2.75) is 38.6 Å². The highest BCUT2D eigenvalue weighted by molar-refractivity contribution is 5.79. The predicted molar refractivity (Wildman–Crippen MR) is 80.0 cm³/mol. The standard InChI is InChI=1S/C16H24N4O/c1-20-15(17)13(8-19-20)7-18-16(21)14-11-3-9-2-10(5-11)6-12(14)4-9/h8-12,14H,2-7,17H2,1H3,(H,18,21). The van der Waals surface area contributed by atoms with Gasteiger partial charge >= 0.3 is 0 Å². The fraction of sp³-hybridized carbons (Fsp3) is 0.750. The molecule has 0 aliphatic heterocycles. The Bertz CT molecular complexity index is 537. The summed E-state index contributed by atoms with van der Waals surface area (Å²) in [5.41, 5.74) is 6.84. The van der Waals surface area contributed by atoms with Gasteiger partial charge in [-0.15, -0.1) is 0 Å². The SMILES string of the molecule is Cn1ncc(CNC(=O)C2C3CC4CC(C3)CC2C4)c1N. The zero-order valence-corrected chi connectivity index (χ0v) is 12.6. The van der Waals surface area contributed by atoms with Crippen LogP contribution < -0.4 is 11.1 Å². The average molecular weight is 288 g/mol. The molecule has 0 spiro atoms. The van der Waals surface area contributed by atoms with Crippen molar-refractivity contribution in [3.63, 3.8) is 0 Å². The molecule has 4 fully saturated rings. The first-order chi connectivity index (χ1) is 10.1. The molecule has 0 atom stereocenters. The van der Waals surface area contributed by atoms with Crippen LogP contribution in [0.1, 0.15) is 37.7 Å². The number of anilines is 1. The number of amides is 1. The van der Waals surface area contributed by atoms with Crippen LogP contribution in [0, 0.1) is 29.6 Å². The van der Waals surface area contributed by atoms with E-state index in [1.54, 1.807) is 10.9 Å². The molecule has 1 amide bonds. The molecule has 21 heavy (non-hydrogen) atoms. The largest absolute Gasteiger partial charge is 0.384 e. The van der Waals surface area contributed by atoms with Gasteiger partial charge in [-0.25, -0.2) is 0 Å². The minimum Gasteiger partial charge on any atom is -0.384 e. The molecule has 5 heteroatoms. The fourth-order valence-electron chi connectivity index (χ4n) is 5.28. The molecule has 114 valence electrons. The molecule has 0 radical (unpaired) electrons. The maximum atomic E-state index is 12.6. The Balaban J connectivity index is 1.42. The average Bonchev–Trinajstić information content (AvgIpc) is 2.75. The first-order valence-corrected chi connectivity index (χ1v) is 8.16. The first kappa shape index (κ1) is 13.2. The van der Waals surface area contributed by atoms with Gasteiger partial charge < -0.3 is 11.1 Å². The van der Waals surface area contributed by atoms with Gasteiger partial charge in [0.15, 0.2) is 0 Å². The van der Waals surface area contributed by atoms with Gasteiger partial charge in [0.05, 0.1) is 6.20 Å². The third-order valence-corrected chi connectivity index (χ3v) is 6.05. The molecule has 0 saturated heterocycles. The highest BCUT2D eigenvalue weighted by atomic mass is 16.1. The molecule has 5 rings (SSSR count). The molecule has 1 aromatic rings. The topological polar surface area (TPSA) is 72.9 Å². The van der Waals surface area contributed by atoms with Crippen LogP contribution in [-0.4, -0.2) is 15.7 Å². The zero-order chi connectivity index (χ0) is 14.6. The number of nitrogen functional groups attached to an aromatic ring is 1. The number of nitrogens with one attached hydrogen (secondary N) is 1. The normalized spacial score (nSPS) is 36.9. The summed E-state index contributed by atoms with van der Waals surface area (Å²) < 4.78 is 1.64. The molecule has 0 unspecified atom stereocenters. The molecular weight excluding hydrogens is 264 g/mol. The third-order valence-electron chi connectivity index (χ3n) is 6.05. The van der Waals surface area contributed by atoms with Gasteiger partial charge in [0.25, 0.3) is 0 Å². The van der Waals surface area contributed by atoms with E-state index in [0.29, 0.717) is 24.2 Å². The lowest BCUT2D eigenvalue weighted by Crippen LogP contribution is -2.50. The lowest BCUT2D eigenvalue weighted by atomic mass is 9.51. The monoisotopic (exact) mass is 288 g/mol. The summed E-state index contributed by atoms with van der Waals surface area (Å²) in [5.74, 6) is 4.21. The van der Waals surface area contributed by atoms with Gasteiger partial charge in [0, 0.05) is 25.1 Å². The smallest absolute Gasteiger partial charge is 0.223 e. The van der Waals surface area contributed by atoms with Gasteiger partial charge in [-0.1, -0.05) is 0 Å². The number of hydrogen-bond donors (Lipinski definition) is 2. The summed E-state index contributed by atoms with van der Waals surface area (Å²) in [5, 5.41) is 7.23. The van der Waals surface area contributed by atoms with Gasteiger partial charge in [-0.2, -0.15) is 5.10 Å². The summed E-state index contributed by atoms with van der Waals surface area (Å²) >= 11 is 0. The quantitative estimate of drug-likeness (QED) is 0.889. The number of aromatic nitrogens is 2. The van der Waals surface area contributed by atoms with Crippen LogP contribution in [0.2, 0.25) is 0 Å². The molecule has 0 aromatic carbocycles. The third kappa shape index (κ3) is 2.14. The van der Waals surface area contributed by atoms with E-state index < -0.39 is 0 Å². The second-order valence-electron chi connectivity index (χ2n) is 7.35. The summed E-state index contributed by atoms with van der Waals surface area (Å²) in [6.07, 6.45) is 8.28. The van der Waals surface area contributed by atoms with Crippen LogP contribution in [0.15, 0.2) is 6.20 Å². The van der Waals surface area contributed by atoms with E-state index in [1.165, 1.54) is 32.1 Å². The Hall–Kier alpha value is -1.52. The molecule has 4 aliphatic carbocycles. The van der Waals surface area contributed by atoms with Crippen molar-refractivity contribution in [1.29, 1.82) is 0 Å². The summed E-state index contributed by atoms with van der Waals surface area (Å²) in [6, 6.07) is 0. The second-order valence-corrected chi connectivity index (χ2v) is 7.35. The molecule has 1 heterocycles. The molecule has 3 N–H and O–H groups in total. The summed E-state index contributed by atoms with van der Waals surface area (Å²) in [4.78, 5) is 12.6. The van der Waals surface area contributed by atoms with E-state index in [-0.39, 0.29) is 11.8 Å². The highest BCUT2D eigenvalue weighted by Crippen LogP contribution is 2.56. The molecule has 5 nitrogen and oxygen atoms in total. The minimum atomic E-state index is 0.243. The Kier molecular flexibility index (Phi) is 2.98. The van der Waals surface area contributed by atoms with Crippen molar-refractivity contribution in [2.24, 2.45) is 36.6 Å². The van der Waals surface area contributed by atoms with Crippen molar-refractivity contribution in [1.82, 2.24) is 15.1 Å². The molecule has 4 saturated carbocycles. The van der Waals surface area contributed by atoms with Crippen molar-refractivity contribution in [2.75, 3.05) is 5.73 Å². The van der Waals surface area contributed by atoms with Crippen molar-refractivity contribution in [3.05, 3.63) is 11.8 Å².